The monoisotopic (exact) mass is 416 g/mol. The molecule has 5 nitrogen and oxygen atoms in total. The van der Waals surface area contributed by atoms with E-state index in [1.165, 1.54) is 11.3 Å². The molecule has 0 spiro atoms. The van der Waals surface area contributed by atoms with Gasteiger partial charge in [0.05, 0.1) is 24.6 Å². The lowest BCUT2D eigenvalue weighted by molar-refractivity contribution is 0.123. The number of rotatable bonds is 4. The molecule has 0 atom stereocenters. The van der Waals surface area contributed by atoms with Crippen LogP contribution in [0.3, 0.4) is 0 Å². The molecule has 8 heteroatoms. The van der Waals surface area contributed by atoms with Crippen molar-refractivity contribution in [3.05, 3.63) is 39.7 Å². The molecule has 1 aliphatic rings. The van der Waals surface area contributed by atoms with Crippen LogP contribution in [0.15, 0.2) is 39.0 Å². The molecule has 2 heterocycles. The third kappa shape index (κ3) is 3.88. The second-order valence-corrected chi connectivity index (χ2v) is 9.34. The zero-order valence-electron chi connectivity index (χ0n) is 12.6. The molecule has 0 saturated carbocycles. The van der Waals surface area contributed by atoms with Crippen LogP contribution in [0.1, 0.15) is 4.88 Å². The Labute approximate surface area is 148 Å². The average Bonchev–Trinajstić information content (AvgIpc) is 2.95. The van der Waals surface area contributed by atoms with Crippen molar-refractivity contribution in [2.45, 2.75) is 11.1 Å². The number of hydrogen-bond donors (Lipinski definition) is 1. The van der Waals surface area contributed by atoms with Gasteiger partial charge in [0.15, 0.2) is 0 Å². The zero-order valence-corrected chi connectivity index (χ0v) is 15.8. The maximum Gasteiger partial charge on any atom is 0.271 e. The first kappa shape index (κ1) is 16.8. The number of anilines is 2. The van der Waals surface area contributed by atoms with Crippen molar-refractivity contribution in [1.29, 1.82) is 0 Å². The van der Waals surface area contributed by atoms with Gasteiger partial charge in [-0.2, -0.15) is 0 Å². The van der Waals surface area contributed by atoms with Gasteiger partial charge in [0.25, 0.3) is 10.0 Å². The fourth-order valence-corrected chi connectivity index (χ4v) is 5.13. The highest BCUT2D eigenvalue weighted by Gasteiger charge is 2.21. The minimum Gasteiger partial charge on any atom is -0.378 e. The highest BCUT2D eigenvalue weighted by atomic mass is 79.9. The van der Waals surface area contributed by atoms with Crippen LogP contribution in [0.5, 0.6) is 0 Å². The summed E-state index contributed by atoms with van der Waals surface area (Å²) in [5, 5.41) is 0. The zero-order chi connectivity index (χ0) is 16.4. The molecule has 0 unspecified atom stereocenters. The number of aryl methyl sites for hydroxylation is 1. The third-order valence-corrected chi connectivity index (χ3v) is 6.89. The van der Waals surface area contributed by atoms with E-state index in [2.05, 4.69) is 25.6 Å². The van der Waals surface area contributed by atoms with Gasteiger partial charge in [-0.25, -0.2) is 8.42 Å². The van der Waals surface area contributed by atoms with Gasteiger partial charge in [-0.1, -0.05) is 15.9 Å². The number of hydrogen-bond acceptors (Lipinski definition) is 5. The predicted octanol–water partition coefficient (Wildman–Crippen LogP) is 3.46. The number of nitrogens with one attached hydrogen (secondary N) is 1. The van der Waals surface area contributed by atoms with Gasteiger partial charge >= 0.3 is 0 Å². The summed E-state index contributed by atoms with van der Waals surface area (Å²) in [4.78, 5) is 3.10. The van der Waals surface area contributed by atoms with Crippen LogP contribution in [0.25, 0.3) is 0 Å². The molecule has 1 N–H and O–H groups in total. The number of halogens is 1. The van der Waals surface area contributed by atoms with E-state index < -0.39 is 10.0 Å². The van der Waals surface area contributed by atoms with E-state index in [1.807, 2.05) is 25.1 Å². The summed E-state index contributed by atoms with van der Waals surface area (Å²) in [5.74, 6) is 0. The van der Waals surface area contributed by atoms with E-state index in [1.54, 1.807) is 12.1 Å². The smallest absolute Gasteiger partial charge is 0.271 e. The van der Waals surface area contributed by atoms with E-state index >= 15 is 0 Å². The minimum atomic E-state index is -3.58. The lowest BCUT2D eigenvalue weighted by Gasteiger charge is -2.30. The molecular formula is C15H17BrN2O3S2. The van der Waals surface area contributed by atoms with Crippen LogP contribution in [-0.2, 0) is 14.8 Å². The summed E-state index contributed by atoms with van der Waals surface area (Å²) >= 11 is 4.68. The Balaban J connectivity index is 1.93. The van der Waals surface area contributed by atoms with Crippen molar-refractivity contribution in [3.63, 3.8) is 0 Å². The molecular weight excluding hydrogens is 400 g/mol. The van der Waals surface area contributed by atoms with Crippen LogP contribution < -0.4 is 9.62 Å². The maximum atomic E-state index is 12.6. The molecule has 0 bridgehead atoms. The summed E-state index contributed by atoms with van der Waals surface area (Å²) in [6, 6.07) is 9.07. The highest BCUT2D eigenvalue weighted by molar-refractivity contribution is 9.10. The number of ether oxygens (including phenoxy) is 1. The lowest BCUT2D eigenvalue weighted by Crippen LogP contribution is -2.36. The van der Waals surface area contributed by atoms with Gasteiger partial charge in [-0.3, -0.25) is 4.72 Å². The number of morpholine rings is 1. The van der Waals surface area contributed by atoms with Gasteiger partial charge in [-0.05, 0) is 37.3 Å². The van der Waals surface area contributed by atoms with Gasteiger partial charge in [0.2, 0.25) is 0 Å². The molecule has 1 aliphatic heterocycles. The summed E-state index contributed by atoms with van der Waals surface area (Å²) in [6.07, 6.45) is 0. The van der Waals surface area contributed by atoms with Gasteiger partial charge in [-0.15, -0.1) is 11.3 Å². The minimum absolute atomic E-state index is 0.322. The molecule has 1 aromatic carbocycles. The Morgan fingerprint density at radius 1 is 1.22 bits per heavy atom. The molecule has 1 aromatic heterocycles. The molecule has 2 aromatic rings. The highest BCUT2D eigenvalue weighted by Crippen LogP contribution is 2.32. The molecule has 124 valence electrons. The summed E-state index contributed by atoms with van der Waals surface area (Å²) in [6.45, 7) is 4.67. The molecule has 1 fully saturated rings. The van der Waals surface area contributed by atoms with E-state index in [4.69, 9.17) is 4.74 Å². The normalized spacial score (nSPS) is 15.7. The Bertz CT molecular complexity index is 799. The predicted molar refractivity (Wildman–Crippen MR) is 97.0 cm³/mol. The van der Waals surface area contributed by atoms with Crippen LogP contribution in [0.2, 0.25) is 0 Å². The van der Waals surface area contributed by atoms with Crippen molar-refractivity contribution in [1.82, 2.24) is 0 Å². The molecule has 0 amide bonds. The van der Waals surface area contributed by atoms with Crippen LogP contribution in [0.4, 0.5) is 11.4 Å². The SMILES string of the molecule is Cc1ccc(S(=O)(=O)Nc2cc(Br)ccc2N2CCOCC2)s1. The Morgan fingerprint density at radius 2 is 1.96 bits per heavy atom. The first-order valence-electron chi connectivity index (χ1n) is 7.17. The van der Waals surface area contributed by atoms with Crippen LogP contribution in [-0.4, -0.2) is 34.7 Å². The second-order valence-electron chi connectivity index (χ2n) is 5.23. The summed E-state index contributed by atoms with van der Waals surface area (Å²) in [5.41, 5.74) is 1.45. The fourth-order valence-electron chi connectivity index (χ4n) is 2.42. The quantitative estimate of drug-likeness (QED) is 0.828. The van der Waals surface area contributed by atoms with Crippen molar-refractivity contribution >= 4 is 48.7 Å². The van der Waals surface area contributed by atoms with Gasteiger partial charge in [0, 0.05) is 22.4 Å². The molecule has 1 saturated heterocycles. The molecule has 23 heavy (non-hydrogen) atoms. The average molecular weight is 417 g/mol. The Hall–Kier alpha value is -1.09. The maximum absolute atomic E-state index is 12.6. The summed E-state index contributed by atoms with van der Waals surface area (Å²) < 4.78 is 34.4. The van der Waals surface area contributed by atoms with Crippen molar-refractivity contribution in [2.24, 2.45) is 0 Å². The van der Waals surface area contributed by atoms with E-state index in [0.717, 1.165) is 28.1 Å². The molecule has 3 rings (SSSR count). The molecule has 0 aliphatic carbocycles. The van der Waals surface area contributed by atoms with Crippen molar-refractivity contribution < 1.29 is 13.2 Å². The first-order valence-corrected chi connectivity index (χ1v) is 10.3. The largest absolute Gasteiger partial charge is 0.378 e. The first-order chi connectivity index (χ1) is 11.0. The topological polar surface area (TPSA) is 58.6 Å². The number of thiophene rings is 1. The van der Waals surface area contributed by atoms with Gasteiger partial charge < -0.3 is 9.64 Å². The Kier molecular flexibility index (Phi) is 4.96. The lowest BCUT2D eigenvalue weighted by atomic mass is 10.2. The van der Waals surface area contributed by atoms with Crippen molar-refractivity contribution in [3.8, 4) is 0 Å². The third-order valence-electron chi connectivity index (χ3n) is 3.54. The van der Waals surface area contributed by atoms with Gasteiger partial charge in [0.1, 0.15) is 4.21 Å². The van der Waals surface area contributed by atoms with E-state index in [9.17, 15) is 8.42 Å². The van der Waals surface area contributed by atoms with E-state index in [-0.39, 0.29) is 0 Å². The van der Waals surface area contributed by atoms with Crippen LogP contribution >= 0.6 is 27.3 Å². The van der Waals surface area contributed by atoms with Crippen LogP contribution in [0, 0.1) is 6.92 Å². The number of nitrogens with zero attached hydrogens (tertiary/aromatic N) is 1. The standard InChI is InChI=1S/C15H17BrN2O3S2/c1-11-2-5-15(22-11)23(19,20)17-13-10-12(16)3-4-14(13)18-6-8-21-9-7-18/h2-5,10,17H,6-9H2,1H3. The number of benzene rings is 1. The molecule has 0 radical (unpaired) electrons. The van der Waals surface area contributed by atoms with Crippen molar-refractivity contribution in [2.75, 3.05) is 35.9 Å². The number of sulfonamides is 1. The Morgan fingerprint density at radius 3 is 2.61 bits per heavy atom. The summed E-state index contributed by atoms with van der Waals surface area (Å²) in [7, 11) is -3.58. The second kappa shape index (κ2) is 6.80. The van der Waals surface area contributed by atoms with E-state index in [0.29, 0.717) is 23.1 Å². The fraction of sp³-hybridized carbons (Fsp3) is 0.333.